The number of sulfonamides is 1. The SMILES string of the molecule is COC(=O)CCC(C(N)=O)N1Cc2c(O)cccc2C1=O.COC(=O)CCC(C(N)=O)N1Cc2c(OCc3ccc(S(=O)(=O)N4CCN(c5ccccc5)CC4)cc3)cccc2C1=O. The Morgan fingerprint density at radius 1 is 0.672 bits per heavy atom. The molecule has 4 aromatic carbocycles. The number of nitrogens with two attached hydrogens (primary N) is 2. The molecule has 0 radical (unpaired) electrons. The van der Waals surface area contributed by atoms with Crippen LogP contribution in [0.15, 0.2) is 95.9 Å². The fourth-order valence-electron chi connectivity index (χ4n) is 7.81. The summed E-state index contributed by atoms with van der Waals surface area (Å²) in [5, 5.41) is 9.77. The van der Waals surface area contributed by atoms with Crippen LogP contribution in [0.3, 0.4) is 0 Å². The van der Waals surface area contributed by atoms with Crippen molar-refractivity contribution in [3.05, 3.63) is 119 Å². The number of primary amides is 2. The molecule has 0 spiro atoms. The maximum absolute atomic E-state index is 13.3. The van der Waals surface area contributed by atoms with Gasteiger partial charge in [-0.05, 0) is 66.9 Å². The first-order valence-corrected chi connectivity index (χ1v) is 21.9. The van der Waals surface area contributed by atoms with Crippen molar-refractivity contribution in [2.45, 2.75) is 62.4 Å². The molecule has 5 N–H and O–H groups in total. The standard InChI is InChI=1S/C31H34N4O7S.C14H16N2O5/c1-41-29(36)15-14-27(30(32)37)35-20-26-25(31(35)38)8-5-9-28(26)42-21-22-10-12-24(13-11-22)43(39,40)34-18-16-33(17-19-34)23-6-3-2-4-7-23;1-21-12(18)6-5-10(13(15)19)16-7-9-8(14(16)20)3-2-4-11(9)17/h2-13,27H,14-21H2,1H3,(H2,32,37);2-4,10,17H,5-7H2,1H3,(H2,15,19). The molecule has 0 saturated carbocycles. The van der Waals surface area contributed by atoms with Crippen molar-refractivity contribution in [3.8, 4) is 11.5 Å². The first-order chi connectivity index (χ1) is 30.6. The van der Waals surface area contributed by atoms with E-state index in [0.717, 1.165) is 11.3 Å². The van der Waals surface area contributed by atoms with Crippen molar-refractivity contribution >= 4 is 51.3 Å². The van der Waals surface area contributed by atoms with Crippen LogP contribution in [0.5, 0.6) is 11.5 Å². The Hall–Kier alpha value is -6.99. The van der Waals surface area contributed by atoms with Crippen molar-refractivity contribution in [1.82, 2.24) is 14.1 Å². The first kappa shape index (κ1) is 46.5. The number of anilines is 1. The van der Waals surface area contributed by atoms with Crippen LogP contribution in [0.2, 0.25) is 0 Å². The molecule has 1 saturated heterocycles. The van der Waals surface area contributed by atoms with Crippen molar-refractivity contribution < 1.29 is 56.5 Å². The molecular weight excluding hydrogens is 849 g/mol. The summed E-state index contributed by atoms with van der Waals surface area (Å²) in [6, 6.07) is 24.3. The zero-order chi connectivity index (χ0) is 46.1. The summed E-state index contributed by atoms with van der Waals surface area (Å²) in [6.07, 6.45) is 0.0673. The lowest BCUT2D eigenvalue weighted by Gasteiger charge is -2.35. The Balaban J connectivity index is 0.000000271. The Morgan fingerprint density at radius 3 is 1.70 bits per heavy atom. The Bertz CT molecular complexity index is 2490. The normalized spacial score (nSPS) is 15.6. The van der Waals surface area contributed by atoms with Crippen molar-refractivity contribution in [2.75, 3.05) is 45.3 Å². The average molecular weight is 899 g/mol. The van der Waals surface area contributed by atoms with Gasteiger partial charge >= 0.3 is 11.9 Å². The number of ether oxygens (including phenoxy) is 3. The third kappa shape index (κ3) is 10.4. The Morgan fingerprint density at radius 2 is 1.19 bits per heavy atom. The number of amides is 4. The zero-order valence-corrected chi connectivity index (χ0v) is 36.2. The summed E-state index contributed by atoms with van der Waals surface area (Å²) in [4.78, 5) is 77.0. The highest BCUT2D eigenvalue weighted by molar-refractivity contribution is 7.89. The summed E-state index contributed by atoms with van der Waals surface area (Å²) in [5.41, 5.74) is 14.6. The number of carbonyl (C=O) groups excluding carboxylic acids is 6. The number of aromatic hydroxyl groups is 1. The molecule has 338 valence electrons. The highest BCUT2D eigenvalue weighted by atomic mass is 32.2. The van der Waals surface area contributed by atoms with Crippen LogP contribution < -0.4 is 21.1 Å². The van der Waals surface area contributed by atoms with Gasteiger partial charge < -0.3 is 45.5 Å². The predicted octanol–water partition coefficient (Wildman–Crippen LogP) is 2.69. The van der Waals surface area contributed by atoms with Gasteiger partial charge in [-0.1, -0.05) is 42.5 Å². The van der Waals surface area contributed by atoms with Crippen LogP contribution in [0.1, 0.15) is 63.1 Å². The number of hydrogen-bond donors (Lipinski definition) is 3. The smallest absolute Gasteiger partial charge is 0.305 e. The molecule has 4 aromatic rings. The first-order valence-electron chi connectivity index (χ1n) is 20.4. The lowest BCUT2D eigenvalue weighted by Crippen LogP contribution is -2.48. The molecular formula is C45H50N6O12S. The highest BCUT2D eigenvalue weighted by Gasteiger charge is 2.38. The topological polar surface area (TPSA) is 249 Å². The number of carbonyl (C=O) groups is 6. The molecule has 19 heteroatoms. The molecule has 3 aliphatic rings. The molecule has 3 heterocycles. The van der Waals surface area contributed by atoms with Gasteiger partial charge in [-0.15, -0.1) is 0 Å². The Kier molecular flexibility index (Phi) is 14.9. The van der Waals surface area contributed by atoms with Crippen molar-refractivity contribution in [2.24, 2.45) is 11.5 Å². The molecule has 1 fully saturated rings. The van der Waals surface area contributed by atoms with E-state index in [9.17, 15) is 42.3 Å². The molecule has 18 nitrogen and oxygen atoms in total. The fourth-order valence-corrected chi connectivity index (χ4v) is 9.23. The summed E-state index contributed by atoms with van der Waals surface area (Å²) in [6.45, 7) is 2.36. The van der Waals surface area contributed by atoms with Gasteiger partial charge in [0.25, 0.3) is 11.8 Å². The quantitative estimate of drug-likeness (QED) is 0.137. The van der Waals surface area contributed by atoms with E-state index in [-0.39, 0.29) is 67.8 Å². The van der Waals surface area contributed by atoms with Crippen LogP contribution in [0.25, 0.3) is 0 Å². The number of phenols is 1. The van der Waals surface area contributed by atoms with Crippen molar-refractivity contribution in [1.29, 1.82) is 0 Å². The summed E-state index contributed by atoms with van der Waals surface area (Å²) in [5.74, 6) is -2.66. The number of rotatable bonds is 16. The van der Waals surface area contributed by atoms with Gasteiger partial charge in [0.15, 0.2) is 0 Å². The number of esters is 2. The maximum Gasteiger partial charge on any atom is 0.305 e. The van der Waals surface area contributed by atoms with E-state index < -0.39 is 45.9 Å². The number of methoxy groups -OCH3 is 2. The molecule has 3 aliphatic heterocycles. The van der Waals surface area contributed by atoms with Crippen LogP contribution in [-0.4, -0.2) is 116 Å². The number of piperazine rings is 1. The molecule has 0 bridgehead atoms. The molecule has 7 rings (SSSR count). The number of para-hydroxylation sites is 1. The summed E-state index contributed by atoms with van der Waals surface area (Å²) >= 11 is 0. The van der Waals surface area contributed by atoms with Gasteiger partial charge in [-0.25, -0.2) is 8.42 Å². The Labute approximate surface area is 370 Å². The molecule has 2 unspecified atom stereocenters. The number of benzene rings is 4. The number of phenolic OH excluding ortho intramolecular Hbond substituents is 1. The molecule has 4 amide bonds. The van der Waals surface area contributed by atoms with Gasteiger partial charge in [0.2, 0.25) is 21.8 Å². The zero-order valence-electron chi connectivity index (χ0n) is 35.4. The van der Waals surface area contributed by atoms with E-state index in [2.05, 4.69) is 14.4 Å². The number of nitrogens with zero attached hydrogens (tertiary/aromatic N) is 4. The minimum Gasteiger partial charge on any atom is -0.508 e. The minimum absolute atomic E-state index is 0.000427. The van der Waals surface area contributed by atoms with Gasteiger partial charge in [-0.3, -0.25) is 28.8 Å². The van der Waals surface area contributed by atoms with Crippen molar-refractivity contribution in [3.63, 3.8) is 0 Å². The summed E-state index contributed by atoms with van der Waals surface area (Å²) in [7, 11) is -1.14. The lowest BCUT2D eigenvalue weighted by molar-refractivity contribution is -0.142. The van der Waals surface area contributed by atoms with E-state index in [0.29, 0.717) is 54.2 Å². The molecule has 2 atom stereocenters. The van der Waals surface area contributed by atoms with Gasteiger partial charge in [0, 0.05) is 67.0 Å². The van der Waals surface area contributed by atoms with E-state index in [4.69, 9.17) is 16.2 Å². The van der Waals surface area contributed by atoms with Crippen LogP contribution >= 0.6 is 0 Å². The van der Waals surface area contributed by atoms with E-state index in [1.54, 1.807) is 54.6 Å². The largest absolute Gasteiger partial charge is 0.508 e. The number of hydrogen-bond acceptors (Lipinski definition) is 13. The highest BCUT2D eigenvalue weighted by Crippen LogP contribution is 2.34. The molecule has 64 heavy (non-hydrogen) atoms. The fraction of sp³-hybridized carbons (Fsp3) is 0.333. The number of fused-ring (bicyclic) bond motifs is 2. The average Bonchev–Trinajstić information content (AvgIpc) is 3.82. The van der Waals surface area contributed by atoms with E-state index in [1.807, 2.05) is 30.3 Å². The van der Waals surface area contributed by atoms with Crippen LogP contribution in [-0.2, 0) is 58.4 Å². The van der Waals surface area contributed by atoms with E-state index in [1.165, 1.54) is 34.4 Å². The molecule has 0 aromatic heterocycles. The van der Waals surface area contributed by atoms with Gasteiger partial charge in [0.05, 0.1) is 32.2 Å². The second-order valence-corrected chi connectivity index (χ2v) is 17.1. The second kappa shape index (κ2) is 20.5. The molecule has 0 aliphatic carbocycles. The third-order valence-electron chi connectivity index (χ3n) is 11.3. The van der Waals surface area contributed by atoms with Gasteiger partial charge in [-0.2, -0.15) is 4.31 Å². The second-order valence-electron chi connectivity index (χ2n) is 15.2. The van der Waals surface area contributed by atoms with Crippen LogP contribution in [0, 0.1) is 0 Å². The van der Waals surface area contributed by atoms with Crippen LogP contribution in [0.4, 0.5) is 5.69 Å². The van der Waals surface area contributed by atoms with Gasteiger partial charge in [0.1, 0.15) is 30.2 Å². The minimum atomic E-state index is -3.64. The van der Waals surface area contributed by atoms with E-state index >= 15 is 0 Å². The maximum atomic E-state index is 13.3. The summed E-state index contributed by atoms with van der Waals surface area (Å²) < 4.78 is 43.3. The third-order valence-corrected chi connectivity index (χ3v) is 13.3. The monoisotopic (exact) mass is 898 g/mol. The predicted molar refractivity (Wildman–Crippen MR) is 231 cm³/mol. The lowest BCUT2D eigenvalue weighted by atomic mass is 10.1.